The number of carbonyl (C=O) groups is 2. The molecule has 0 aliphatic carbocycles. The van der Waals surface area contributed by atoms with Crippen LogP contribution in [0, 0.1) is 5.92 Å². The van der Waals surface area contributed by atoms with Crippen LogP contribution in [-0.2, 0) is 16.1 Å². The van der Waals surface area contributed by atoms with Crippen LogP contribution in [0.3, 0.4) is 0 Å². The summed E-state index contributed by atoms with van der Waals surface area (Å²) in [4.78, 5) is 24.0. The predicted octanol–water partition coefficient (Wildman–Crippen LogP) is 3.58. The number of carbonyl (C=O) groups excluding carboxylic acids is 2. The van der Waals surface area contributed by atoms with Crippen LogP contribution in [0.2, 0.25) is 0 Å². The first kappa shape index (κ1) is 19.5. The first-order chi connectivity index (χ1) is 12.5. The monoisotopic (exact) mass is 355 g/mol. The Morgan fingerprint density at radius 1 is 0.962 bits per heavy atom. The number of esters is 1. The highest BCUT2D eigenvalue weighted by molar-refractivity contribution is 5.94. The van der Waals surface area contributed by atoms with Gasteiger partial charge in [0, 0.05) is 12.1 Å². The van der Waals surface area contributed by atoms with Crippen LogP contribution in [-0.4, -0.2) is 24.6 Å². The Morgan fingerprint density at radius 3 is 2.23 bits per heavy atom. The quantitative estimate of drug-likeness (QED) is 0.735. The highest BCUT2D eigenvalue weighted by Gasteiger charge is 2.17. The lowest BCUT2D eigenvalue weighted by Gasteiger charge is -2.15. The third-order valence-electron chi connectivity index (χ3n) is 3.62. The van der Waals surface area contributed by atoms with E-state index >= 15 is 0 Å². The number of amides is 1. The van der Waals surface area contributed by atoms with Crippen LogP contribution in [0.1, 0.15) is 36.7 Å². The zero-order valence-electron chi connectivity index (χ0n) is 15.4. The Labute approximate surface area is 154 Å². The van der Waals surface area contributed by atoms with E-state index in [0.29, 0.717) is 24.5 Å². The van der Waals surface area contributed by atoms with Crippen molar-refractivity contribution in [2.45, 2.75) is 33.4 Å². The molecule has 0 spiro atoms. The number of rotatable bonds is 8. The average molecular weight is 355 g/mol. The zero-order valence-corrected chi connectivity index (χ0v) is 15.4. The van der Waals surface area contributed by atoms with Crippen LogP contribution in [0.5, 0.6) is 5.75 Å². The molecule has 2 aromatic rings. The van der Waals surface area contributed by atoms with Crippen molar-refractivity contribution >= 4 is 11.9 Å². The fourth-order valence-electron chi connectivity index (χ4n) is 2.18. The fourth-order valence-corrected chi connectivity index (χ4v) is 2.18. The summed E-state index contributed by atoms with van der Waals surface area (Å²) in [6.07, 6.45) is -0.702. The normalized spacial score (nSPS) is 11.7. The number of nitrogens with one attached hydrogen (secondary N) is 1. The molecule has 0 saturated carbocycles. The van der Waals surface area contributed by atoms with Gasteiger partial charge < -0.3 is 14.8 Å². The van der Waals surface area contributed by atoms with E-state index in [9.17, 15) is 9.59 Å². The summed E-state index contributed by atoms with van der Waals surface area (Å²) in [5.74, 6) is 0.228. The van der Waals surface area contributed by atoms with Crippen molar-refractivity contribution in [3.8, 4) is 5.75 Å². The summed E-state index contributed by atoms with van der Waals surface area (Å²) in [7, 11) is 0. The molecule has 5 nitrogen and oxygen atoms in total. The Kier molecular flexibility index (Phi) is 7.21. The van der Waals surface area contributed by atoms with Crippen LogP contribution in [0.15, 0.2) is 54.6 Å². The van der Waals surface area contributed by atoms with Gasteiger partial charge in [-0.05, 0) is 42.7 Å². The summed E-state index contributed by atoms with van der Waals surface area (Å²) < 4.78 is 10.7. The first-order valence-corrected chi connectivity index (χ1v) is 8.71. The second-order valence-corrected chi connectivity index (χ2v) is 6.48. The first-order valence-electron chi connectivity index (χ1n) is 8.71. The topological polar surface area (TPSA) is 64.6 Å². The molecule has 0 heterocycles. The smallest absolute Gasteiger partial charge is 0.347 e. The van der Waals surface area contributed by atoms with Gasteiger partial charge in [-0.2, -0.15) is 0 Å². The molecule has 2 rings (SSSR count). The standard InChI is InChI=1S/C21H25NO4/c1-15(2)14-25-21(24)16(3)26-19-11-9-18(10-12-19)20(23)22-13-17-7-5-4-6-8-17/h4-12,15-16H,13-14H2,1-3H3,(H,22,23)/t16-/m1/s1. The average Bonchev–Trinajstić information content (AvgIpc) is 2.65. The SMILES string of the molecule is CC(C)COC(=O)[C@@H](C)Oc1ccc(C(=O)NCc2ccccc2)cc1. The molecule has 0 unspecified atom stereocenters. The lowest BCUT2D eigenvalue weighted by molar-refractivity contribution is -0.152. The van der Waals surface area contributed by atoms with E-state index in [1.165, 1.54) is 0 Å². The summed E-state index contributed by atoms with van der Waals surface area (Å²) in [6, 6.07) is 16.4. The van der Waals surface area contributed by atoms with Gasteiger partial charge in [0.15, 0.2) is 6.10 Å². The number of hydrogen-bond acceptors (Lipinski definition) is 4. The number of hydrogen-bond donors (Lipinski definition) is 1. The van der Waals surface area contributed by atoms with Gasteiger partial charge in [0.25, 0.3) is 5.91 Å². The summed E-state index contributed by atoms with van der Waals surface area (Å²) in [5, 5.41) is 2.87. The molecule has 0 radical (unpaired) electrons. The van der Waals surface area contributed by atoms with E-state index in [1.807, 2.05) is 44.2 Å². The Balaban J connectivity index is 1.85. The second-order valence-electron chi connectivity index (χ2n) is 6.48. The molecule has 1 N–H and O–H groups in total. The van der Waals surface area contributed by atoms with Gasteiger partial charge in [-0.25, -0.2) is 4.79 Å². The predicted molar refractivity (Wildman–Crippen MR) is 99.9 cm³/mol. The maximum absolute atomic E-state index is 12.2. The number of ether oxygens (including phenoxy) is 2. The van der Waals surface area contributed by atoms with Crippen molar-refractivity contribution in [2.75, 3.05) is 6.61 Å². The van der Waals surface area contributed by atoms with E-state index in [0.717, 1.165) is 5.56 Å². The second kappa shape index (κ2) is 9.61. The van der Waals surface area contributed by atoms with Crippen molar-refractivity contribution in [3.63, 3.8) is 0 Å². The molecule has 1 atom stereocenters. The van der Waals surface area contributed by atoms with Crippen LogP contribution < -0.4 is 10.1 Å². The van der Waals surface area contributed by atoms with E-state index in [-0.39, 0.29) is 11.8 Å². The summed E-state index contributed by atoms with van der Waals surface area (Å²) in [6.45, 7) is 6.42. The molecule has 2 aromatic carbocycles. The van der Waals surface area contributed by atoms with Crippen molar-refractivity contribution in [2.24, 2.45) is 5.92 Å². The Hall–Kier alpha value is -2.82. The van der Waals surface area contributed by atoms with E-state index in [1.54, 1.807) is 31.2 Å². The molecule has 138 valence electrons. The van der Waals surface area contributed by atoms with Crippen molar-refractivity contribution in [3.05, 3.63) is 65.7 Å². The molecule has 0 bridgehead atoms. The lowest BCUT2D eigenvalue weighted by atomic mass is 10.2. The van der Waals surface area contributed by atoms with Gasteiger partial charge in [0.1, 0.15) is 5.75 Å². The molecule has 0 aliphatic heterocycles. The van der Waals surface area contributed by atoms with Crippen LogP contribution in [0.4, 0.5) is 0 Å². The third-order valence-corrected chi connectivity index (χ3v) is 3.62. The zero-order chi connectivity index (χ0) is 18.9. The van der Waals surface area contributed by atoms with Gasteiger partial charge in [-0.15, -0.1) is 0 Å². The van der Waals surface area contributed by atoms with Crippen LogP contribution in [0.25, 0.3) is 0 Å². The largest absolute Gasteiger partial charge is 0.479 e. The summed E-state index contributed by atoms with van der Waals surface area (Å²) in [5.41, 5.74) is 1.57. The summed E-state index contributed by atoms with van der Waals surface area (Å²) >= 11 is 0. The Morgan fingerprint density at radius 2 is 1.62 bits per heavy atom. The molecule has 26 heavy (non-hydrogen) atoms. The molecule has 0 aliphatic rings. The minimum atomic E-state index is -0.702. The maximum atomic E-state index is 12.2. The van der Waals surface area contributed by atoms with E-state index < -0.39 is 12.1 Å². The molecular formula is C21H25NO4. The van der Waals surface area contributed by atoms with Gasteiger partial charge in [0.05, 0.1) is 6.61 Å². The van der Waals surface area contributed by atoms with Crippen LogP contribution >= 0.6 is 0 Å². The van der Waals surface area contributed by atoms with Gasteiger partial charge in [0.2, 0.25) is 0 Å². The molecule has 5 heteroatoms. The van der Waals surface area contributed by atoms with Gasteiger partial charge in [-0.1, -0.05) is 44.2 Å². The molecular weight excluding hydrogens is 330 g/mol. The van der Waals surface area contributed by atoms with Gasteiger partial charge >= 0.3 is 5.97 Å². The minimum Gasteiger partial charge on any atom is -0.479 e. The maximum Gasteiger partial charge on any atom is 0.347 e. The third kappa shape index (κ3) is 6.24. The highest BCUT2D eigenvalue weighted by Crippen LogP contribution is 2.15. The van der Waals surface area contributed by atoms with Crippen molar-refractivity contribution in [1.29, 1.82) is 0 Å². The molecule has 0 saturated heterocycles. The van der Waals surface area contributed by atoms with Crippen molar-refractivity contribution < 1.29 is 19.1 Å². The van der Waals surface area contributed by atoms with E-state index in [2.05, 4.69) is 5.32 Å². The highest BCUT2D eigenvalue weighted by atomic mass is 16.6. The Bertz CT molecular complexity index is 711. The number of benzene rings is 2. The van der Waals surface area contributed by atoms with Crippen molar-refractivity contribution in [1.82, 2.24) is 5.32 Å². The molecule has 0 fully saturated rings. The van der Waals surface area contributed by atoms with E-state index in [4.69, 9.17) is 9.47 Å². The minimum absolute atomic E-state index is 0.162. The molecule has 1 amide bonds. The molecule has 0 aromatic heterocycles. The lowest BCUT2D eigenvalue weighted by Crippen LogP contribution is -2.27. The fraction of sp³-hybridized carbons (Fsp3) is 0.333. The van der Waals surface area contributed by atoms with Gasteiger partial charge in [-0.3, -0.25) is 4.79 Å².